The fourth-order valence-electron chi connectivity index (χ4n) is 0.942. The van der Waals surface area contributed by atoms with Gasteiger partial charge in [-0.2, -0.15) is 0 Å². The lowest BCUT2D eigenvalue weighted by atomic mass is 10.2. The predicted molar refractivity (Wildman–Crippen MR) is 56.9 cm³/mol. The summed E-state index contributed by atoms with van der Waals surface area (Å²) in [6.07, 6.45) is 4.91. The van der Waals surface area contributed by atoms with Crippen molar-refractivity contribution >= 4 is 17.7 Å². The Morgan fingerprint density at radius 2 is 2.47 bits per heavy atom. The van der Waals surface area contributed by atoms with Crippen LogP contribution in [0.2, 0.25) is 5.15 Å². The standard InChI is InChI=1S/C9H8ClFN4/c10-9-5-7(8(11)6-13-9)3-1-2-4-14-15-12/h1,3,5-6H,2,4H2. The number of hydrogen-bond acceptors (Lipinski definition) is 2. The molecule has 0 amide bonds. The van der Waals surface area contributed by atoms with Gasteiger partial charge in [-0.1, -0.05) is 28.9 Å². The molecule has 15 heavy (non-hydrogen) atoms. The van der Waals surface area contributed by atoms with E-state index in [0.717, 1.165) is 6.20 Å². The van der Waals surface area contributed by atoms with Crippen LogP contribution in [0.4, 0.5) is 4.39 Å². The number of nitrogens with zero attached hydrogens (tertiary/aromatic N) is 4. The summed E-state index contributed by atoms with van der Waals surface area (Å²) in [5, 5.41) is 3.58. The Morgan fingerprint density at radius 3 is 3.20 bits per heavy atom. The molecule has 0 atom stereocenters. The Morgan fingerprint density at radius 1 is 1.67 bits per heavy atom. The zero-order valence-electron chi connectivity index (χ0n) is 7.77. The van der Waals surface area contributed by atoms with Gasteiger partial charge in [-0.15, -0.1) is 0 Å². The van der Waals surface area contributed by atoms with E-state index in [2.05, 4.69) is 15.0 Å². The van der Waals surface area contributed by atoms with Gasteiger partial charge in [-0.05, 0) is 18.0 Å². The zero-order valence-corrected chi connectivity index (χ0v) is 8.52. The summed E-state index contributed by atoms with van der Waals surface area (Å²) < 4.78 is 13.1. The maximum absolute atomic E-state index is 13.1. The second-order valence-electron chi connectivity index (χ2n) is 2.67. The van der Waals surface area contributed by atoms with E-state index in [9.17, 15) is 4.39 Å². The molecule has 0 aromatic carbocycles. The lowest BCUT2D eigenvalue weighted by molar-refractivity contribution is 0.618. The van der Waals surface area contributed by atoms with Crippen molar-refractivity contribution in [2.75, 3.05) is 6.54 Å². The van der Waals surface area contributed by atoms with Gasteiger partial charge in [0.1, 0.15) is 11.0 Å². The minimum Gasteiger partial charge on any atom is -0.241 e. The van der Waals surface area contributed by atoms with Crippen LogP contribution < -0.4 is 0 Å². The monoisotopic (exact) mass is 226 g/mol. The highest BCUT2D eigenvalue weighted by atomic mass is 35.5. The number of hydrogen-bond donors (Lipinski definition) is 0. The molecule has 6 heteroatoms. The van der Waals surface area contributed by atoms with Gasteiger partial charge in [0.05, 0.1) is 6.20 Å². The first-order valence-corrected chi connectivity index (χ1v) is 4.60. The van der Waals surface area contributed by atoms with Gasteiger partial charge in [0.2, 0.25) is 0 Å². The smallest absolute Gasteiger partial charge is 0.148 e. The summed E-state index contributed by atoms with van der Waals surface area (Å²) >= 11 is 5.60. The summed E-state index contributed by atoms with van der Waals surface area (Å²) in [5.74, 6) is -0.431. The van der Waals surface area contributed by atoms with Crippen LogP contribution >= 0.6 is 11.6 Å². The summed E-state index contributed by atoms with van der Waals surface area (Å²) in [6, 6.07) is 1.43. The van der Waals surface area contributed by atoms with Crippen LogP contribution in [-0.2, 0) is 0 Å². The lowest BCUT2D eigenvalue weighted by Crippen LogP contribution is -1.85. The number of rotatable bonds is 4. The molecular formula is C9H8ClFN4. The van der Waals surface area contributed by atoms with E-state index in [1.165, 1.54) is 6.07 Å². The summed E-state index contributed by atoms with van der Waals surface area (Å²) in [6.45, 7) is 0.355. The van der Waals surface area contributed by atoms with Gasteiger partial charge in [0.25, 0.3) is 0 Å². The SMILES string of the molecule is [N-]=[N+]=NCCC=Cc1cc(Cl)ncc1F. The van der Waals surface area contributed by atoms with Crippen molar-refractivity contribution in [3.8, 4) is 0 Å². The van der Waals surface area contributed by atoms with Crippen LogP contribution in [-0.4, -0.2) is 11.5 Å². The van der Waals surface area contributed by atoms with E-state index >= 15 is 0 Å². The minimum absolute atomic E-state index is 0.242. The molecule has 4 nitrogen and oxygen atoms in total. The minimum atomic E-state index is -0.431. The van der Waals surface area contributed by atoms with E-state index in [1.807, 2.05) is 0 Å². The average Bonchev–Trinajstić information content (AvgIpc) is 2.23. The molecule has 0 aliphatic carbocycles. The Labute approximate surface area is 91.0 Å². The van der Waals surface area contributed by atoms with Crippen molar-refractivity contribution in [1.82, 2.24) is 4.98 Å². The highest BCUT2D eigenvalue weighted by molar-refractivity contribution is 6.29. The molecule has 0 aliphatic heterocycles. The van der Waals surface area contributed by atoms with Crippen LogP contribution in [0.1, 0.15) is 12.0 Å². The molecule has 0 fully saturated rings. The fraction of sp³-hybridized carbons (Fsp3) is 0.222. The van der Waals surface area contributed by atoms with Crippen molar-refractivity contribution in [1.29, 1.82) is 0 Å². The van der Waals surface area contributed by atoms with Crippen LogP contribution in [0.25, 0.3) is 16.5 Å². The maximum Gasteiger partial charge on any atom is 0.148 e. The topological polar surface area (TPSA) is 61.7 Å². The van der Waals surface area contributed by atoms with E-state index in [1.54, 1.807) is 12.2 Å². The summed E-state index contributed by atoms with van der Waals surface area (Å²) in [7, 11) is 0. The normalized spacial score (nSPS) is 10.3. The summed E-state index contributed by atoms with van der Waals surface area (Å²) in [4.78, 5) is 6.18. The van der Waals surface area contributed by atoms with E-state index < -0.39 is 5.82 Å². The van der Waals surface area contributed by atoms with Gasteiger partial charge in [0, 0.05) is 17.0 Å². The Bertz CT molecular complexity index is 413. The third-order valence-electron chi connectivity index (χ3n) is 1.61. The molecule has 0 bridgehead atoms. The molecule has 0 spiro atoms. The number of pyridine rings is 1. The highest BCUT2D eigenvalue weighted by Crippen LogP contribution is 2.13. The molecule has 1 aromatic rings. The van der Waals surface area contributed by atoms with E-state index in [0.29, 0.717) is 18.5 Å². The zero-order chi connectivity index (χ0) is 11.1. The van der Waals surface area contributed by atoms with Crippen molar-refractivity contribution in [3.05, 3.63) is 45.3 Å². The molecule has 0 N–H and O–H groups in total. The molecule has 0 radical (unpaired) electrons. The largest absolute Gasteiger partial charge is 0.241 e. The van der Waals surface area contributed by atoms with Crippen LogP contribution in [0.5, 0.6) is 0 Å². The van der Waals surface area contributed by atoms with Crippen LogP contribution in [0, 0.1) is 5.82 Å². The third-order valence-corrected chi connectivity index (χ3v) is 1.81. The predicted octanol–water partition coefficient (Wildman–Crippen LogP) is 3.59. The second kappa shape index (κ2) is 6.01. The molecular weight excluding hydrogens is 219 g/mol. The van der Waals surface area contributed by atoms with Crippen molar-refractivity contribution in [3.63, 3.8) is 0 Å². The molecule has 1 heterocycles. The Balaban J connectivity index is 2.63. The van der Waals surface area contributed by atoms with Gasteiger partial charge in [-0.25, -0.2) is 9.37 Å². The van der Waals surface area contributed by atoms with Gasteiger partial charge < -0.3 is 0 Å². The first kappa shape index (κ1) is 11.5. The molecule has 78 valence electrons. The fourth-order valence-corrected chi connectivity index (χ4v) is 1.11. The van der Waals surface area contributed by atoms with E-state index in [-0.39, 0.29) is 5.15 Å². The summed E-state index contributed by atoms with van der Waals surface area (Å²) in [5.41, 5.74) is 8.38. The second-order valence-corrected chi connectivity index (χ2v) is 3.06. The number of aromatic nitrogens is 1. The average molecular weight is 227 g/mol. The molecule has 1 aromatic heterocycles. The number of halogens is 2. The van der Waals surface area contributed by atoms with Crippen molar-refractivity contribution < 1.29 is 4.39 Å². The Hall–Kier alpha value is -1.58. The van der Waals surface area contributed by atoms with Crippen LogP contribution in [0.15, 0.2) is 23.5 Å². The van der Waals surface area contributed by atoms with Crippen molar-refractivity contribution in [2.24, 2.45) is 5.11 Å². The quantitative estimate of drug-likeness (QED) is 0.254. The van der Waals surface area contributed by atoms with Crippen molar-refractivity contribution in [2.45, 2.75) is 6.42 Å². The van der Waals surface area contributed by atoms with Gasteiger partial charge in [0.15, 0.2) is 0 Å². The number of azide groups is 1. The first-order chi connectivity index (χ1) is 7.24. The maximum atomic E-state index is 13.1. The van der Waals surface area contributed by atoms with Gasteiger partial charge >= 0.3 is 0 Å². The molecule has 0 saturated heterocycles. The third kappa shape index (κ3) is 3.97. The molecule has 1 rings (SSSR count). The highest BCUT2D eigenvalue weighted by Gasteiger charge is 1.99. The van der Waals surface area contributed by atoms with Gasteiger partial charge in [-0.3, -0.25) is 0 Å². The molecule has 0 aliphatic rings. The molecule has 0 saturated carbocycles. The lowest BCUT2D eigenvalue weighted by Gasteiger charge is -1.96. The Kier molecular flexibility index (Phi) is 4.60. The molecule has 0 unspecified atom stereocenters. The first-order valence-electron chi connectivity index (χ1n) is 4.22. The van der Waals surface area contributed by atoms with Crippen LogP contribution in [0.3, 0.4) is 0 Å². The van der Waals surface area contributed by atoms with E-state index in [4.69, 9.17) is 17.1 Å².